The van der Waals surface area contributed by atoms with Crippen molar-refractivity contribution in [1.29, 1.82) is 0 Å². The van der Waals surface area contributed by atoms with E-state index in [0.717, 1.165) is 16.3 Å². The Morgan fingerprint density at radius 2 is 2.35 bits per heavy atom. The van der Waals surface area contributed by atoms with Gasteiger partial charge in [0.1, 0.15) is 0 Å². The number of aromatic nitrogens is 4. The van der Waals surface area contributed by atoms with Gasteiger partial charge in [0.05, 0.1) is 12.0 Å². The van der Waals surface area contributed by atoms with Crippen molar-refractivity contribution in [3.63, 3.8) is 0 Å². The zero-order chi connectivity index (χ0) is 16.2. The maximum atomic E-state index is 11.8. The third-order valence-electron chi connectivity index (χ3n) is 2.86. The molecule has 0 bridgehead atoms. The van der Waals surface area contributed by atoms with E-state index >= 15 is 0 Å². The number of fused-ring (bicyclic) bond motifs is 1. The van der Waals surface area contributed by atoms with Crippen molar-refractivity contribution in [3.05, 3.63) is 39.8 Å². The first-order valence-corrected chi connectivity index (χ1v) is 8.67. The van der Waals surface area contributed by atoms with Crippen molar-refractivity contribution in [3.8, 4) is 0 Å². The van der Waals surface area contributed by atoms with Crippen molar-refractivity contribution in [2.24, 2.45) is 5.10 Å². The number of amides is 1. The Bertz CT molecular complexity index is 856. The number of hydrogen-bond acceptors (Lipinski definition) is 7. The summed E-state index contributed by atoms with van der Waals surface area (Å²) in [5.74, 6) is 0.528. The van der Waals surface area contributed by atoms with Crippen LogP contribution in [-0.4, -0.2) is 37.5 Å². The van der Waals surface area contributed by atoms with E-state index in [-0.39, 0.29) is 11.7 Å². The summed E-state index contributed by atoms with van der Waals surface area (Å²) in [7, 11) is 0. The van der Waals surface area contributed by atoms with Crippen molar-refractivity contribution in [1.82, 2.24) is 25.0 Å². The van der Waals surface area contributed by atoms with E-state index in [2.05, 4.69) is 25.6 Å². The lowest BCUT2D eigenvalue weighted by atomic mass is 10.4. The quantitative estimate of drug-likeness (QED) is 0.434. The highest BCUT2D eigenvalue weighted by molar-refractivity contribution is 7.99. The van der Waals surface area contributed by atoms with Crippen LogP contribution in [0.25, 0.3) is 5.78 Å². The second-order valence-corrected chi connectivity index (χ2v) is 6.66. The minimum Gasteiger partial charge on any atom is -0.272 e. The van der Waals surface area contributed by atoms with Crippen LogP contribution in [0.5, 0.6) is 0 Å². The average Bonchev–Trinajstić information content (AvgIpc) is 3.14. The SMILES string of the molecule is Cc1cc(C)n2nc(SCC(=O)N/N=C/c3cccs3)nc2n1. The third kappa shape index (κ3) is 3.93. The summed E-state index contributed by atoms with van der Waals surface area (Å²) in [6, 6.07) is 5.78. The van der Waals surface area contributed by atoms with Crippen molar-refractivity contribution in [2.75, 3.05) is 5.75 Å². The smallest absolute Gasteiger partial charge is 0.253 e. The number of thioether (sulfide) groups is 1. The molecule has 1 amide bonds. The zero-order valence-corrected chi connectivity index (χ0v) is 14.2. The minimum atomic E-state index is -0.206. The fraction of sp³-hybridized carbons (Fsp3) is 0.214. The van der Waals surface area contributed by atoms with Crippen LogP contribution in [0.1, 0.15) is 16.3 Å². The van der Waals surface area contributed by atoms with Gasteiger partial charge >= 0.3 is 0 Å². The van der Waals surface area contributed by atoms with E-state index in [0.29, 0.717) is 10.9 Å². The monoisotopic (exact) mass is 346 g/mol. The molecule has 0 radical (unpaired) electrons. The number of nitrogens with zero attached hydrogens (tertiary/aromatic N) is 5. The molecule has 7 nitrogen and oxygen atoms in total. The Morgan fingerprint density at radius 3 is 3.13 bits per heavy atom. The molecule has 118 valence electrons. The van der Waals surface area contributed by atoms with E-state index in [1.165, 1.54) is 11.8 Å². The molecule has 0 aliphatic carbocycles. The van der Waals surface area contributed by atoms with Crippen molar-refractivity contribution >= 4 is 41.0 Å². The highest BCUT2D eigenvalue weighted by atomic mass is 32.2. The summed E-state index contributed by atoms with van der Waals surface area (Å²) in [5.41, 5.74) is 4.33. The molecule has 23 heavy (non-hydrogen) atoms. The Morgan fingerprint density at radius 1 is 1.48 bits per heavy atom. The fourth-order valence-electron chi connectivity index (χ4n) is 1.90. The summed E-state index contributed by atoms with van der Waals surface area (Å²) in [4.78, 5) is 21.4. The molecule has 0 saturated carbocycles. The van der Waals surface area contributed by atoms with Gasteiger partial charge in [0.15, 0.2) is 0 Å². The maximum absolute atomic E-state index is 11.8. The molecule has 1 N–H and O–H groups in total. The van der Waals surface area contributed by atoms with Gasteiger partial charge in [0.2, 0.25) is 5.16 Å². The standard InChI is InChI=1S/C14H14N6OS2/c1-9-6-10(2)20-13(16-9)17-14(19-20)23-8-12(21)18-15-7-11-4-3-5-22-11/h3-7H,8H2,1-2H3,(H,18,21)/b15-7+. The molecule has 0 fully saturated rings. The van der Waals surface area contributed by atoms with E-state index < -0.39 is 0 Å². The van der Waals surface area contributed by atoms with Crippen LogP contribution in [0.15, 0.2) is 33.8 Å². The lowest BCUT2D eigenvalue weighted by molar-refractivity contribution is -0.118. The third-order valence-corrected chi connectivity index (χ3v) is 4.50. The number of aryl methyl sites for hydroxylation is 2. The largest absolute Gasteiger partial charge is 0.272 e. The average molecular weight is 346 g/mol. The summed E-state index contributed by atoms with van der Waals surface area (Å²) in [5, 5.41) is 10.7. The predicted molar refractivity (Wildman–Crippen MR) is 91.0 cm³/mol. The molecule has 3 heterocycles. The highest BCUT2D eigenvalue weighted by Crippen LogP contribution is 2.15. The topological polar surface area (TPSA) is 84.5 Å². The van der Waals surface area contributed by atoms with Gasteiger partial charge in [-0.2, -0.15) is 10.1 Å². The van der Waals surface area contributed by atoms with E-state index in [9.17, 15) is 4.79 Å². The summed E-state index contributed by atoms with van der Waals surface area (Å²) in [6.45, 7) is 3.85. The first kappa shape index (κ1) is 15.6. The van der Waals surface area contributed by atoms with E-state index in [1.54, 1.807) is 22.1 Å². The number of nitrogens with one attached hydrogen (secondary N) is 1. The molecule has 9 heteroatoms. The lowest BCUT2D eigenvalue weighted by Crippen LogP contribution is -2.19. The number of carbonyl (C=O) groups is 1. The van der Waals surface area contributed by atoms with Crippen molar-refractivity contribution in [2.45, 2.75) is 19.0 Å². The molecular weight excluding hydrogens is 332 g/mol. The van der Waals surface area contributed by atoms with Gasteiger partial charge < -0.3 is 0 Å². The van der Waals surface area contributed by atoms with Gasteiger partial charge in [0.25, 0.3) is 11.7 Å². The molecule has 0 saturated heterocycles. The minimum absolute atomic E-state index is 0.191. The molecule has 0 atom stereocenters. The fourth-order valence-corrected chi connectivity index (χ4v) is 3.10. The maximum Gasteiger partial charge on any atom is 0.253 e. The first-order chi connectivity index (χ1) is 11.1. The Kier molecular flexibility index (Phi) is 4.68. The Labute approximate surface area is 140 Å². The van der Waals surface area contributed by atoms with E-state index in [4.69, 9.17) is 0 Å². The molecule has 3 aromatic heterocycles. The van der Waals surface area contributed by atoms with Gasteiger partial charge in [-0.1, -0.05) is 17.8 Å². The van der Waals surface area contributed by atoms with Gasteiger partial charge in [-0.05, 0) is 31.4 Å². The Hall–Kier alpha value is -2.26. The number of rotatable bonds is 5. The second-order valence-electron chi connectivity index (χ2n) is 4.74. The van der Waals surface area contributed by atoms with Gasteiger partial charge in [-0.25, -0.2) is 14.9 Å². The van der Waals surface area contributed by atoms with Crippen LogP contribution in [0.3, 0.4) is 0 Å². The second kappa shape index (κ2) is 6.88. The molecule has 0 unspecified atom stereocenters. The van der Waals surface area contributed by atoms with Gasteiger partial charge in [-0.15, -0.1) is 16.4 Å². The molecule has 0 aliphatic rings. The normalized spacial score (nSPS) is 11.4. The molecule has 0 aromatic carbocycles. The van der Waals surface area contributed by atoms with Crippen LogP contribution >= 0.6 is 23.1 Å². The molecule has 3 aromatic rings. The number of hydrogen-bond donors (Lipinski definition) is 1. The predicted octanol–water partition coefficient (Wildman–Crippen LogP) is 2.05. The zero-order valence-electron chi connectivity index (χ0n) is 12.6. The van der Waals surface area contributed by atoms with Crippen LogP contribution in [0, 0.1) is 13.8 Å². The van der Waals surface area contributed by atoms with Crippen LogP contribution in [-0.2, 0) is 4.79 Å². The summed E-state index contributed by atoms with van der Waals surface area (Å²) < 4.78 is 1.67. The van der Waals surface area contributed by atoms with Gasteiger partial charge in [0, 0.05) is 16.3 Å². The van der Waals surface area contributed by atoms with Gasteiger partial charge in [-0.3, -0.25) is 4.79 Å². The summed E-state index contributed by atoms with van der Waals surface area (Å²) in [6.07, 6.45) is 1.62. The summed E-state index contributed by atoms with van der Waals surface area (Å²) >= 11 is 2.80. The number of hydrazone groups is 1. The van der Waals surface area contributed by atoms with Crippen LogP contribution in [0.2, 0.25) is 0 Å². The molecular formula is C14H14N6OS2. The first-order valence-electron chi connectivity index (χ1n) is 6.81. The van der Waals surface area contributed by atoms with Crippen LogP contribution < -0.4 is 5.43 Å². The number of carbonyl (C=O) groups excluding carboxylic acids is 1. The molecule has 0 spiro atoms. The van der Waals surface area contributed by atoms with Crippen molar-refractivity contribution < 1.29 is 4.79 Å². The molecule has 0 aliphatic heterocycles. The lowest BCUT2D eigenvalue weighted by Gasteiger charge is -1.97. The Balaban J connectivity index is 1.57. The number of thiophene rings is 1. The van der Waals surface area contributed by atoms with Crippen LogP contribution in [0.4, 0.5) is 0 Å². The van der Waals surface area contributed by atoms with E-state index in [1.807, 2.05) is 37.4 Å². The highest BCUT2D eigenvalue weighted by Gasteiger charge is 2.10. The molecule has 3 rings (SSSR count).